The number of nitrogens with zero attached hydrogens (tertiary/aromatic N) is 1. The van der Waals surface area contributed by atoms with Crippen molar-refractivity contribution in [1.29, 1.82) is 0 Å². The van der Waals surface area contributed by atoms with Gasteiger partial charge in [0.1, 0.15) is 5.69 Å². The Morgan fingerprint density at radius 3 is 2.77 bits per heavy atom. The van der Waals surface area contributed by atoms with E-state index >= 15 is 0 Å². The van der Waals surface area contributed by atoms with Gasteiger partial charge in [-0.1, -0.05) is 12.1 Å². The van der Waals surface area contributed by atoms with Gasteiger partial charge in [-0.2, -0.15) is 0 Å². The summed E-state index contributed by atoms with van der Waals surface area (Å²) in [6.45, 7) is -0.0507. The average molecular weight is 179 g/mol. The number of nitrogens with one attached hydrogen (secondary N) is 1. The molecular weight excluding hydrogens is 172 g/mol. The molecule has 0 fully saturated rings. The molecule has 0 aliphatic rings. The van der Waals surface area contributed by atoms with E-state index in [-0.39, 0.29) is 12.2 Å². The van der Waals surface area contributed by atoms with Gasteiger partial charge >= 0.3 is 0 Å². The lowest BCUT2D eigenvalue weighted by molar-refractivity contribution is -0.383. The van der Waals surface area contributed by atoms with E-state index < -0.39 is 4.92 Å². The maximum atomic E-state index is 10.5. The van der Waals surface area contributed by atoms with Gasteiger partial charge in [-0.25, -0.2) is 0 Å². The van der Waals surface area contributed by atoms with Gasteiger partial charge in [-0.15, -0.1) is 0 Å². The molecule has 0 atom stereocenters. The zero-order valence-corrected chi connectivity index (χ0v) is 6.69. The Morgan fingerprint density at radius 1 is 1.46 bits per heavy atom. The lowest BCUT2D eigenvalue weighted by atomic mass is 10.2. The van der Waals surface area contributed by atoms with E-state index in [4.69, 9.17) is 0 Å². The van der Waals surface area contributed by atoms with Crippen LogP contribution in [-0.4, -0.2) is 17.8 Å². The lowest BCUT2D eigenvalue weighted by Crippen LogP contribution is -2.04. The zero-order valence-electron chi connectivity index (χ0n) is 6.69. The molecule has 0 aromatic heterocycles. The predicted octanol–water partition coefficient (Wildman–Crippen LogP) is 1.12. The van der Waals surface area contributed by atoms with Crippen LogP contribution in [0.3, 0.4) is 0 Å². The van der Waals surface area contributed by atoms with Crippen LogP contribution in [0, 0.1) is 10.1 Å². The molecule has 0 unspecified atom stereocenters. The molecular formula is C8H7N2O3. The highest BCUT2D eigenvalue weighted by Crippen LogP contribution is 2.22. The molecule has 0 amide bonds. The summed E-state index contributed by atoms with van der Waals surface area (Å²) in [5.74, 6) is 0. The fourth-order valence-corrected chi connectivity index (χ4v) is 0.914. The van der Waals surface area contributed by atoms with E-state index in [2.05, 4.69) is 5.32 Å². The fourth-order valence-electron chi connectivity index (χ4n) is 0.914. The van der Waals surface area contributed by atoms with Crippen LogP contribution >= 0.6 is 0 Å². The summed E-state index contributed by atoms with van der Waals surface area (Å²) in [5.41, 5.74) is 0.286. The van der Waals surface area contributed by atoms with Crippen LogP contribution in [0.5, 0.6) is 0 Å². The SMILES string of the molecule is O=[C]CNc1ccccc1[N+](=O)[O-]. The molecule has 1 radical (unpaired) electrons. The molecule has 1 aromatic carbocycles. The molecule has 0 aliphatic heterocycles. The van der Waals surface area contributed by atoms with E-state index in [1.165, 1.54) is 12.1 Å². The minimum atomic E-state index is -0.507. The zero-order chi connectivity index (χ0) is 9.68. The molecule has 1 rings (SSSR count). The number of hydrogen-bond acceptors (Lipinski definition) is 4. The first-order valence-electron chi connectivity index (χ1n) is 3.58. The van der Waals surface area contributed by atoms with Crippen molar-refractivity contribution in [2.75, 3.05) is 11.9 Å². The summed E-state index contributed by atoms with van der Waals surface area (Å²) in [4.78, 5) is 19.8. The molecule has 5 nitrogen and oxygen atoms in total. The first-order chi connectivity index (χ1) is 6.25. The summed E-state index contributed by atoms with van der Waals surface area (Å²) in [5, 5.41) is 13.0. The van der Waals surface area contributed by atoms with E-state index in [1.54, 1.807) is 18.4 Å². The van der Waals surface area contributed by atoms with Crippen molar-refractivity contribution in [2.45, 2.75) is 0 Å². The predicted molar refractivity (Wildman–Crippen MR) is 47.3 cm³/mol. The third-order valence-corrected chi connectivity index (χ3v) is 1.45. The van der Waals surface area contributed by atoms with Crippen molar-refractivity contribution in [3.8, 4) is 0 Å². The van der Waals surface area contributed by atoms with Gasteiger partial charge in [-0.3, -0.25) is 14.9 Å². The number of para-hydroxylation sites is 2. The normalized spacial score (nSPS) is 9.23. The Morgan fingerprint density at radius 2 is 2.15 bits per heavy atom. The van der Waals surface area contributed by atoms with Crippen LogP contribution < -0.4 is 5.32 Å². The molecule has 0 heterocycles. The third-order valence-electron chi connectivity index (χ3n) is 1.45. The molecule has 5 heteroatoms. The maximum Gasteiger partial charge on any atom is 0.292 e. The summed E-state index contributed by atoms with van der Waals surface area (Å²) < 4.78 is 0. The van der Waals surface area contributed by atoms with E-state index in [0.29, 0.717) is 5.69 Å². The smallest absolute Gasteiger partial charge is 0.292 e. The summed E-state index contributed by atoms with van der Waals surface area (Å²) in [7, 11) is 0. The fraction of sp³-hybridized carbons (Fsp3) is 0.125. The van der Waals surface area contributed by atoms with Gasteiger partial charge in [-0.05, 0) is 6.07 Å². The van der Waals surface area contributed by atoms with Gasteiger partial charge in [0.25, 0.3) is 5.69 Å². The van der Waals surface area contributed by atoms with E-state index in [1.807, 2.05) is 0 Å². The molecule has 0 saturated carbocycles. The van der Waals surface area contributed by atoms with Crippen molar-refractivity contribution in [3.63, 3.8) is 0 Å². The highest BCUT2D eigenvalue weighted by molar-refractivity contribution is 5.66. The maximum absolute atomic E-state index is 10.5. The Hall–Kier alpha value is -1.91. The molecule has 67 valence electrons. The minimum absolute atomic E-state index is 0.0437. The minimum Gasteiger partial charge on any atom is -0.372 e. The number of carbonyl (C=O) groups excluding carboxylic acids is 1. The number of anilines is 1. The molecule has 0 spiro atoms. The largest absolute Gasteiger partial charge is 0.372 e. The summed E-state index contributed by atoms with van der Waals surface area (Å²) in [6, 6.07) is 6.12. The van der Waals surface area contributed by atoms with Crippen LogP contribution in [0.2, 0.25) is 0 Å². The van der Waals surface area contributed by atoms with Gasteiger partial charge < -0.3 is 5.32 Å². The Labute approximate surface area is 74.5 Å². The Bertz CT molecular complexity index is 325. The van der Waals surface area contributed by atoms with Gasteiger partial charge in [0.2, 0.25) is 6.29 Å². The lowest BCUT2D eigenvalue weighted by Gasteiger charge is -2.01. The van der Waals surface area contributed by atoms with Crippen LogP contribution in [0.15, 0.2) is 24.3 Å². The molecule has 0 saturated heterocycles. The number of rotatable bonds is 4. The number of nitro groups is 1. The van der Waals surface area contributed by atoms with Crippen molar-refractivity contribution in [3.05, 3.63) is 34.4 Å². The standard InChI is InChI=1S/C8H7N2O3/c11-6-5-9-7-3-1-2-4-8(7)10(12)13/h1-4,9H,5H2. The second-order valence-corrected chi connectivity index (χ2v) is 2.27. The summed E-state index contributed by atoms with van der Waals surface area (Å²) >= 11 is 0. The van der Waals surface area contributed by atoms with E-state index in [0.717, 1.165) is 0 Å². The van der Waals surface area contributed by atoms with Crippen LogP contribution in [-0.2, 0) is 4.79 Å². The van der Waals surface area contributed by atoms with Crippen LogP contribution in [0.25, 0.3) is 0 Å². The topological polar surface area (TPSA) is 72.2 Å². The monoisotopic (exact) mass is 179 g/mol. The van der Waals surface area contributed by atoms with Gasteiger partial charge in [0.05, 0.1) is 11.5 Å². The van der Waals surface area contributed by atoms with Gasteiger partial charge in [0.15, 0.2) is 0 Å². The number of nitro benzene ring substituents is 1. The molecule has 13 heavy (non-hydrogen) atoms. The number of hydrogen-bond donors (Lipinski definition) is 1. The second-order valence-electron chi connectivity index (χ2n) is 2.27. The van der Waals surface area contributed by atoms with Crippen molar-refractivity contribution in [2.24, 2.45) is 0 Å². The van der Waals surface area contributed by atoms with Crippen molar-refractivity contribution < 1.29 is 9.72 Å². The molecule has 0 bridgehead atoms. The van der Waals surface area contributed by atoms with Crippen molar-refractivity contribution >= 4 is 17.7 Å². The quantitative estimate of drug-likeness (QED) is 0.555. The Kier molecular flexibility index (Phi) is 2.97. The first kappa shape index (κ1) is 9.18. The molecule has 0 aliphatic carbocycles. The second kappa shape index (κ2) is 4.20. The third kappa shape index (κ3) is 2.26. The highest BCUT2D eigenvalue weighted by atomic mass is 16.6. The molecule has 1 N–H and O–H groups in total. The highest BCUT2D eigenvalue weighted by Gasteiger charge is 2.10. The van der Waals surface area contributed by atoms with E-state index in [9.17, 15) is 14.9 Å². The Balaban J connectivity index is 2.90. The first-order valence-corrected chi connectivity index (χ1v) is 3.58. The molecule has 1 aromatic rings. The average Bonchev–Trinajstić information content (AvgIpc) is 2.15. The van der Waals surface area contributed by atoms with Crippen LogP contribution in [0.1, 0.15) is 0 Å². The van der Waals surface area contributed by atoms with Gasteiger partial charge in [0, 0.05) is 6.07 Å². The summed E-state index contributed by atoms with van der Waals surface area (Å²) in [6.07, 6.45) is 1.60. The number of benzene rings is 1. The van der Waals surface area contributed by atoms with Crippen LogP contribution in [0.4, 0.5) is 11.4 Å². The van der Waals surface area contributed by atoms with Crippen molar-refractivity contribution in [1.82, 2.24) is 0 Å².